The molecule has 0 bridgehead atoms. The molecule has 1 aromatic carbocycles. The molecular formula is C11H11BrClNOS. The lowest BCUT2D eigenvalue weighted by atomic mass is 10.2. The number of likely N-dealkylation sites (tertiary alicyclic amines) is 1. The van der Waals surface area contributed by atoms with Crippen molar-refractivity contribution in [3.63, 3.8) is 0 Å². The summed E-state index contributed by atoms with van der Waals surface area (Å²) in [5.74, 6) is 0.172. The highest BCUT2D eigenvalue weighted by Crippen LogP contribution is 2.25. The molecular weight excluding hydrogens is 310 g/mol. The minimum Gasteiger partial charge on any atom is -0.337 e. The number of carbonyl (C=O) groups is 1. The van der Waals surface area contributed by atoms with Crippen LogP contribution < -0.4 is 0 Å². The van der Waals surface area contributed by atoms with Crippen LogP contribution in [0.1, 0.15) is 12.0 Å². The van der Waals surface area contributed by atoms with Crippen LogP contribution in [0.15, 0.2) is 22.7 Å². The summed E-state index contributed by atoms with van der Waals surface area (Å²) in [6, 6.07) is 5.72. The second-order valence-corrected chi connectivity index (χ2v) is 5.87. The number of rotatable bonds is 2. The number of amides is 1. The van der Waals surface area contributed by atoms with Gasteiger partial charge < -0.3 is 4.90 Å². The van der Waals surface area contributed by atoms with Crippen molar-refractivity contribution in [1.82, 2.24) is 4.90 Å². The quantitative estimate of drug-likeness (QED) is 0.830. The molecule has 1 aromatic rings. The Balaban J connectivity index is 2.09. The van der Waals surface area contributed by atoms with E-state index < -0.39 is 0 Å². The largest absolute Gasteiger partial charge is 0.337 e. The van der Waals surface area contributed by atoms with Gasteiger partial charge in [-0.25, -0.2) is 0 Å². The van der Waals surface area contributed by atoms with Crippen LogP contribution in [0.3, 0.4) is 0 Å². The van der Waals surface area contributed by atoms with E-state index in [1.807, 2.05) is 23.1 Å². The minimum absolute atomic E-state index is 0.170. The number of benzene rings is 1. The van der Waals surface area contributed by atoms with Crippen molar-refractivity contribution in [1.29, 1.82) is 0 Å². The van der Waals surface area contributed by atoms with E-state index in [-0.39, 0.29) is 11.2 Å². The highest BCUT2D eigenvalue weighted by atomic mass is 79.9. The number of carbonyl (C=O) groups excluding carboxylic acids is 1. The molecule has 1 aliphatic heterocycles. The molecule has 1 heterocycles. The molecule has 16 heavy (non-hydrogen) atoms. The van der Waals surface area contributed by atoms with Gasteiger partial charge in [0, 0.05) is 29.2 Å². The Bertz CT molecular complexity index is 426. The van der Waals surface area contributed by atoms with Crippen LogP contribution in [0.25, 0.3) is 0 Å². The van der Waals surface area contributed by atoms with E-state index >= 15 is 0 Å². The molecule has 0 aromatic heterocycles. The van der Waals surface area contributed by atoms with Crippen LogP contribution in [0, 0.1) is 0 Å². The normalized spacial score (nSPS) is 20.6. The summed E-state index contributed by atoms with van der Waals surface area (Å²) in [6.07, 6.45) is 0.540. The van der Waals surface area contributed by atoms with Crippen molar-refractivity contribution in [3.8, 4) is 0 Å². The first-order valence-corrected chi connectivity index (χ1v) is 6.65. The van der Waals surface area contributed by atoms with Gasteiger partial charge in [0.25, 0.3) is 0 Å². The summed E-state index contributed by atoms with van der Waals surface area (Å²) in [6.45, 7) is 1.36. The molecule has 1 amide bonds. The summed E-state index contributed by atoms with van der Waals surface area (Å²) in [7, 11) is 0. The van der Waals surface area contributed by atoms with Crippen LogP contribution >= 0.6 is 40.2 Å². The van der Waals surface area contributed by atoms with Gasteiger partial charge in [0.1, 0.15) is 0 Å². The zero-order chi connectivity index (χ0) is 11.7. The van der Waals surface area contributed by atoms with E-state index in [2.05, 4.69) is 28.6 Å². The highest BCUT2D eigenvalue weighted by molar-refractivity contribution is 9.10. The van der Waals surface area contributed by atoms with Crippen molar-refractivity contribution < 1.29 is 4.79 Å². The fourth-order valence-electron chi connectivity index (χ4n) is 1.76. The Morgan fingerprint density at radius 2 is 2.31 bits per heavy atom. The SMILES string of the molecule is O=C1CC(S)CN1Cc1ccc(Cl)c(Br)c1. The van der Waals surface area contributed by atoms with Crippen LogP contribution in [-0.4, -0.2) is 22.6 Å². The number of hydrogen-bond donors (Lipinski definition) is 1. The molecule has 86 valence electrons. The van der Waals surface area contributed by atoms with Gasteiger partial charge in [-0.05, 0) is 33.6 Å². The Morgan fingerprint density at radius 1 is 1.56 bits per heavy atom. The molecule has 1 aliphatic rings. The molecule has 0 saturated carbocycles. The Morgan fingerprint density at radius 3 is 2.88 bits per heavy atom. The topological polar surface area (TPSA) is 20.3 Å². The Kier molecular flexibility index (Phi) is 3.82. The van der Waals surface area contributed by atoms with E-state index in [9.17, 15) is 4.79 Å². The monoisotopic (exact) mass is 319 g/mol. The lowest BCUT2D eigenvalue weighted by Gasteiger charge is -2.16. The van der Waals surface area contributed by atoms with Crippen molar-refractivity contribution in [3.05, 3.63) is 33.3 Å². The van der Waals surface area contributed by atoms with Crippen molar-refractivity contribution in [2.75, 3.05) is 6.54 Å². The third-order valence-electron chi connectivity index (χ3n) is 2.55. The fraction of sp³-hybridized carbons (Fsp3) is 0.364. The average Bonchev–Trinajstić information content (AvgIpc) is 2.51. The Labute approximate surface area is 113 Å². The third kappa shape index (κ3) is 2.73. The van der Waals surface area contributed by atoms with Gasteiger partial charge in [0.2, 0.25) is 5.91 Å². The van der Waals surface area contributed by atoms with Gasteiger partial charge in [-0.3, -0.25) is 4.79 Å². The van der Waals surface area contributed by atoms with E-state index in [0.29, 0.717) is 18.0 Å². The molecule has 1 unspecified atom stereocenters. The third-order valence-corrected chi connectivity index (χ3v) is 4.11. The first-order chi connectivity index (χ1) is 7.56. The second-order valence-electron chi connectivity index (χ2n) is 3.88. The second kappa shape index (κ2) is 4.98. The van der Waals surface area contributed by atoms with E-state index in [1.54, 1.807) is 0 Å². The molecule has 2 rings (SSSR count). The standard InChI is InChI=1S/C11H11BrClNOS/c12-9-3-7(1-2-10(9)13)5-14-6-8(16)4-11(14)15/h1-3,8,16H,4-6H2. The lowest BCUT2D eigenvalue weighted by Crippen LogP contribution is -2.24. The minimum atomic E-state index is 0.170. The molecule has 0 radical (unpaired) electrons. The zero-order valence-electron chi connectivity index (χ0n) is 8.49. The van der Waals surface area contributed by atoms with Gasteiger partial charge in [0.15, 0.2) is 0 Å². The molecule has 1 fully saturated rings. The van der Waals surface area contributed by atoms with Crippen molar-refractivity contribution >= 4 is 46.1 Å². The maximum absolute atomic E-state index is 11.6. The molecule has 2 nitrogen and oxygen atoms in total. The lowest BCUT2D eigenvalue weighted by molar-refractivity contribution is -0.128. The van der Waals surface area contributed by atoms with Gasteiger partial charge >= 0.3 is 0 Å². The highest BCUT2D eigenvalue weighted by Gasteiger charge is 2.26. The number of hydrogen-bond acceptors (Lipinski definition) is 2. The predicted octanol–water partition coefficient (Wildman–Crippen LogP) is 3.13. The fourth-order valence-corrected chi connectivity index (χ4v) is 2.66. The first-order valence-electron chi connectivity index (χ1n) is 4.96. The molecule has 1 saturated heterocycles. The van der Waals surface area contributed by atoms with Gasteiger partial charge in [-0.2, -0.15) is 12.6 Å². The summed E-state index contributed by atoms with van der Waals surface area (Å²) in [4.78, 5) is 13.4. The van der Waals surface area contributed by atoms with Crippen LogP contribution in [0.2, 0.25) is 5.02 Å². The summed E-state index contributed by atoms with van der Waals surface area (Å²) in [5, 5.41) is 0.854. The van der Waals surface area contributed by atoms with Gasteiger partial charge in [-0.1, -0.05) is 17.7 Å². The maximum atomic E-state index is 11.6. The summed E-state index contributed by atoms with van der Waals surface area (Å²) < 4.78 is 0.862. The molecule has 5 heteroatoms. The predicted molar refractivity (Wildman–Crippen MR) is 72.0 cm³/mol. The number of nitrogens with zero attached hydrogens (tertiary/aromatic N) is 1. The van der Waals surface area contributed by atoms with Gasteiger partial charge in [0.05, 0.1) is 5.02 Å². The van der Waals surface area contributed by atoms with E-state index in [1.165, 1.54) is 0 Å². The molecule has 0 aliphatic carbocycles. The van der Waals surface area contributed by atoms with Crippen molar-refractivity contribution in [2.45, 2.75) is 18.2 Å². The average molecular weight is 321 g/mol. The van der Waals surface area contributed by atoms with Crippen LogP contribution in [0.4, 0.5) is 0 Å². The van der Waals surface area contributed by atoms with E-state index in [4.69, 9.17) is 11.6 Å². The molecule has 0 spiro atoms. The van der Waals surface area contributed by atoms with E-state index in [0.717, 1.165) is 16.6 Å². The first kappa shape index (κ1) is 12.3. The van der Waals surface area contributed by atoms with Crippen LogP contribution in [0.5, 0.6) is 0 Å². The molecule has 0 N–H and O–H groups in total. The smallest absolute Gasteiger partial charge is 0.224 e. The maximum Gasteiger partial charge on any atom is 0.224 e. The summed E-state index contributed by atoms with van der Waals surface area (Å²) in [5.41, 5.74) is 1.08. The van der Waals surface area contributed by atoms with Crippen LogP contribution in [-0.2, 0) is 11.3 Å². The zero-order valence-corrected chi connectivity index (χ0v) is 11.7. The van der Waals surface area contributed by atoms with Crippen molar-refractivity contribution in [2.24, 2.45) is 0 Å². The summed E-state index contributed by atoms with van der Waals surface area (Å²) >= 11 is 13.6. The number of halogens is 2. The Hall–Kier alpha value is -0.190. The number of thiol groups is 1. The molecule has 1 atom stereocenters. The van der Waals surface area contributed by atoms with Gasteiger partial charge in [-0.15, -0.1) is 0 Å².